The number of ether oxygens (including phenoxy) is 1. The number of nitrogens with zero attached hydrogens (tertiary/aromatic N) is 4. The molecule has 0 unspecified atom stereocenters. The Bertz CT molecular complexity index is 840. The van der Waals surface area contributed by atoms with Crippen LogP contribution < -0.4 is 9.75 Å². The second-order valence-corrected chi connectivity index (χ2v) is 6.67. The fourth-order valence-electron chi connectivity index (χ4n) is 3.06. The van der Waals surface area contributed by atoms with Crippen LogP contribution in [0.3, 0.4) is 0 Å². The zero-order valence-corrected chi connectivity index (χ0v) is 13.9. The molecule has 0 spiro atoms. The lowest BCUT2D eigenvalue weighted by Gasteiger charge is -2.27. The summed E-state index contributed by atoms with van der Waals surface area (Å²) >= 11 is 1.36. The van der Waals surface area contributed by atoms with Crippen molar-refractivity contribution in [2.24, 2.45) is 0 Å². The number of thioether (sulfide) groups is 1. The fraction of sp³-hybridized carbons (Fsp3) is 0.353. The predicted molar refractivity (Wildman–Crippen MR) is 90.5 cm³/mol. The molecule has 1 aliphatic carbocycles. The molecule has 7 heteroatoms. The summed E-state index contributed by atoms with van der Waals surface area (Å²) in [7, 11) is 0. The zero-order chi connectivity index (χ0) is 16.5. The number of aryl methyl sites for hydroxylation is 2. The molecule has 24 heavy (non-hydrogen) atoms. The van der Waals surface area contributed by atoms with Gasteiger partial charge < -0.3 is 4.74 Å². The first kappa shape index (κ1) is 15.1. The number of benzene rings is 1. The third kappa shape index (κ3) is 2.63. The second-order valence-electron chi connectivity index (χ2n) is 5.73. The van der Waals surface area contributed by atoms with Crippen LogP contribution in [0.2, 0.25) is 0 Å². The molecule has 0 radical (unpaired) electrons. The predicted octanol–water partition coefficient (Wildman–Crippen LogP) is 1.55. The highest BCUT2D eigenvalue weighted by Crippen LogP contribution is 2.27. The Labute approximate surface area is 144 Å². The molecule has 1 amide bonds. The summed E-state index contributed by atoms with van der Waals surface area (Å²) in [6.07, 6.45) is 8.84. The van der Waals surface area contributed by atoms with Crippen molar-refractivity contribution in [3.05, 3.63) is 35.2 Å². The average molecular weight is 340 g/mol. The fourth-order valence-corrected chi connectivity index (χ4v) is 3.89. The molecule has 0 bridgehead atoms. The van der Waals surface area contributed by atoms with Gasteiger partial charge in [0.15, 0.2) is 5.82 Å². The standard InChI is InChI=1S/C17H16N4O2S/c1-2-8-20-16(22)11-24-17-19-18-15(21(17)20)10-23-14-7-6-12-4-3-5-13(12)9-14/h1,6-7,9H,3-5,8,10-11H2. The summed E-state index contributed by atoms with van der Waals surface area (Å²) < 4.78 is 7.55. The van der Waals surface area contributed by atoms with Gasteiger partial charge in [-0.05, 0) is 42.5 Å². The Morgan fingerprint density at radius 2 is 2.17 bits per heavy atom. The summed E-state index contributed by atoms with van der Waals surface area (Å²) in [6, 6.07) is 6.20. The summed E-state index contributed by atoms with van der Waals surface area (Å²) in [5, 5.41) is 10.4. The molecule has 2 heterocycles. The van der Waals surface area contributed by atoms with E-state index in [9.17, 15) is 4.79 Å². The Hall–Kier alpha value is -2.46. The number of hydrogen-bond acceptors (Lipinski definition) is 5. The molecule has 1 aromatic carbocycles. The van der Waals surface area contributed by atoms with Crippen LogP contribution in [-0.4, -0.2) is 33.1 Å². The van der Waals surface area contributed by atoms with E-state index in [0.717, 1.165) is 18.6 Å². The molecule has 122 valence electrons. The first-order valence-corrected chi connectivity index (χ1v) is 8.80. The van der Waals surface area contributed by atoms with Crippen molar-refractivity contribution in [2.45, 2.75) is 31.0 Å². The highest BCUT2D eigenvalue weighted by Gasteiger charge is 2.28. The molecule has 0 saturated carbocycles. The summed E-state index contributed by atoms with van der Waals surface area (Å²) in [5.41, 5.74) is 2.76. The third-order valence-electron chi connectivity index (χ3n) is 4.21. The van der Waals surface area contributed by atoms with Gasteiger partial charge in [-0.3, -0.25) is 4.79 Å². The molecule has 4 rings (SSSR count). The molecule has 1 aliphatic heterocycles. The van der Waals surface area contributed by atoms with Gasteiger partial charge in [0, 0.05) is 0 Å². The lowest BCUT2D eigenvalue weighted by molar-refractivity contribution is -0.117. The largest absolute Gasteiger partial charge is 0.486 e. The van der Waals surface area contributed by atoms with Crippen molar-refractivity contribution in [1.29, 1.82) is 0 Å². The first-order valence-electron chi connectivity index (χ1n) is 7.82. The molecule has 0 saturated heterocycles. The number of carbonyl (C=O) groups excluding carboxylic acids is 1. The average Bonchev–Trinajstić information content (AvgIpc) is 3.21. The van der Waals surface area contributed by atoms with E-state index in [2.05, 4.69) is 28.3 Å². The highest BCUT2D eigenvalue weighted by molar-refractivity contribution is 7.99. The second kappa shape index (κ2) is 6.21. The third-order valence-corrected chi connectivity index (χ3v) is 5.11. The molecule has 2 aromatic rings. The van der Waals surface area contributed by atoms with Gasteiger partial charge in [0.05, 0.1) is 5.75 Å². The van der Waals surface area contributed by atoms with Crippen molar-refractivity contribution in [2.75, 3.05) is 17.3 Å². The minimum Gasteiger partial charge on any atom is -0.486 e. The lowest BCUT2D eigenvalue weighted by atomic mass is 10.1. The quantitative estimate of drug-likeness (QED) is 0.791. The maximum absolute atomic E-state index is 12.1. The van der Waals surface area contributed by atoms with E-state index < -0.39 is 0 Å². The van der Waals surface area contributed by atoms with Gasteiger partial charge in [0.1, 0.15) is 18.9 Å². The van der Waals surface area contributed by atoms with Crippen LogP contribution in [0.4, 0.5) is 0 Å². The van der Waals surface area contributed by atoms with Crippen LogP contribution in [-0.2, 0) is 24.2 Å². The maximum atomic E-state index is 12.1. The van der Waals surface area contributed by atoms with Crippen molar-refractivity contribution in [3.8, 4) is 18.1 Å². The topological polar surface area (TPSA) is 60.3 Å². The number of aromatic nitrogens is 3. The molecule has 2 aliphatic rings. The summed E-state index contributed by atoms with van der Waals surface area (Å²) in [5.74, 6) is 4.16. The maximum Gasteiger partial charge on any atom is 0.252 e. The van der Waals surface area contributed by atoms with Crippen LogP contribution in [0.15, 0.2) is 23.4 Å². The van der Waals surface area contributed by atoms with Gasteiger partial charge in [-0.25, -0.2) is 9.69 Å². The highest BCUT2D eigenvalue weighted by atomic mass is 32.2. The van der Waals surface area contributed by atoms with Gasteiger partial charge in [-0.15, -0.1) is 16.6 Å². The minimum absolute atomic E-state index is 0.0518. The number of carbonyl (C=O) groups is 1. The Kier molecular flexibility index (Phi) is 3.90. The van der Waals surface area contributed by atoms with E-state index in [1.54, 1.807) is 4.68 Å². The molecule has 0 atom stereocenters. The Morgan fingerprint density at radius 3 is 3.04 bits per heavy atom. The summed E-state index contributed by atoms with van der Waals surface area (Å²) in [6.45, 7) is 0.428. The van der Waals surface area contributed by atoms with E-state index in [1.807, 2.05) is 6.07 Å². The summed E-state index contributed by atoms with van der Waals surface area (Å²) in [4.78, 5) is 12.1. The van der Waals surface area contributed by atoms with E-state index in [-0.39, 0.29) is 19.1 Å². The number of hydrogen-bond donors (Lipinski definition) is 0. The monoisotopic (exact) mass is 340 g/mol. The van der Waals surface area contributed by atoms with E-state index in [4.69, 9.17) is 11.2 Å². The van der Waals surface area contributed by atoms with Crippen LogP contribution in [0.1, 0.15) is 23.4 Å². The van der Waals surface area contributed by atoms with Crippen LogP contribution in [0.5, 0.6) is 5.75 Å². The SMILES string of the molecule is C#CCN1C(=O)CSc2nnc(COc3ccc4c(c3)CCC4)n21. The Balaban J connectivity index is 1.55. The van der Waals surface area contributed by atoms with Crippen LogP contribution in [0, 0.1) is 12.3 Å². The van der Waals surface area contributed by atoms with E-state index in [0.29, 0.717) is 16.7 Å². The molecule has 1 aromatic heterocycles. The minimum atomic E-state index is -0.0518. The van der Waals surface area contributed by atoms with Crippen molar-refractivity contribution < 1.29 is 9.53 Å². The van der Waals surface area contributed by atoms with Crippen LogP contribution >= 0.6 is 11.8 Å². The van der Waals surface area contributed by atoms with Gasteiger partial charge in [0.2, 0.25) is 5.16 Å². The van der Waals surface area contributed by atoms with E-state index in [1.165, 1.54) is 34.3 Å². The van der Waals surface area contributed by atoms with Gasteiger partial charge in [0.25, 0.3) is 5.91 Å². The van der Waals surface area contributed by atoms with Gasteiger partial charge in [-0.2, -0.15) is 0 Å². The molecule has 0 fully saturated rings. The van der Waals surface area contributed by atoms with E-state index >= 15 is 0 Å². The van der Waals surface area contributed by atoms with Crippen molar-refractivity contribution in [1.82, 2.24) is 14.9 Å². The number of fused-ring (bicyclic) bond motifs is 2. The molecular formula is C17H16N4O2S. The van der Waals surface area contributed by atoms with Gasteiger partial charge >= 0.3 is 0 Å². The normalized spacial score (nSPS) is 15.8. The molecule has 0 N–H and O–H groups in total. The van der Waals surface area contributed by atoms with Crippen molar-refractivity contribution >= 4 is 17.7 Å². The van der Waals surface area contributed by atoms with Crippen molar-refractivity contribution in [3.63, 3.8) is 0 Å². The number of amides is 1. The lowest BCUT2D eigenvalue weighted by Crippen LogP contribution is -2.46. The first-order chi connectivity index (χ1) is 11.8. The molecule has 6 nitrogen and oxygen atoms in total. The van der Waals surface area contributed by atoms with Crippen LogP contribution in [0.25, 0.3) is 0 Å². The smallest absolute Gasteiger partial charge is 0.252 e. The Morgan fingerprint density at radius 1 is 1.29 bits per heavy atom. The molecular weight excluding hydrogens is 324 g/mol. The number of rotatable bonds is 4. The zero-order valence-electron chi connectivity index (χ0n) is 13.1. The van der Waals surface area contributed by atoms with Gasteiger partial charge in [-0.1, -0.05) is 23.7 Å². The number of terminal acetylenes is 1.